The maximum Gasteiger partial charge on any atom is 0.212 e. The van der Waals surface area contributed by atoms with Gasteiger partial charge in [0.05, 0.1) is 28.6 Å². The summed E-state index contributed by atoms with van der Waals surface area (Å²) in [6.45, 7) is 3.06. The molecule has 1 fully saturated rings. The molecule has 1 aliphatic heterocycles. The Morgan fingerprint density at radius 1 is 1.10 bits per heavy atom. The normalized spacial score (nSPS) is 17.2. The quantitative estimate of drug-likeness (QED) is 0.540. The van der Waals surface area contributed by atoms with Crippen LogP contribution in [0.4, 0.5) is 5.82 Å². The Morgan fingerprint density at radius 2 is 1.80 bits per heavy atom. The van der Waals surface area contributed by atoms with Crippen molar-refractivity contribution in [3.63, 3.8) is 0 Å². The van der Waals surface area contributed by atoms with Crippen molar-refractivity contribution in [2.24, 2.45) is 0 Å². The highest BCUT2D eigenvalue weighted by Crippen LogP contribution is 2.36. The minimum absolute atomic E-state index is 0.0117. The van der Waals surface area contributed by atoms with E-state index < -0.39 is 9.84 Å². The molecule has 0 aliphatic carbocycles. The lowest BCUT2D eigenvalue weighted by Gasteiger charge is -2.13. The van der Waals surface area contributed by atoms with Gasteiger partial charge in [0.25, 0.3) is 0 Å². The Kier molecular flexibility index (Phi) is 4.48. The fraction of sp³-hybridized carbons (Fsp3) is 0.273. The smallest absolute Gasteiger partial charge is 0.212 e. The van der Waals surface area contributed by atoms with Crippen molar-refractivity contribution in [3.8, 4) is 0 Å². The average molecular weight is 423 g/mol. The molecule has 0 spiro atoms. The van der Waals surface area contributed by atoms with Gasteiger partial charge in [-0.25, -0.2) is 18.4 Å². The van der Waals surface area contributed by atoms with E-state index in [9.17, 15) is 8.42 Å². The molecule has 0 unspecified atom stereocenters. The predicted molar refractivity (Wildman–Crippen MR) is 115 cm³/mol. The van der Waals surface area contributed by atoms with Crippen LogP contribution in [0.5, 0.6) is 0 Å². The third-order valence-corrected chi connectivity index (χ3v) is 7.39. The fourth-order valence-electron chi connectivity index (χ4n) is 3.97. The van der Waals surface area contributed by atoms with Crippen LogP contribution in [0.1, 0.15) is 18.4 Å². The van der Waals surface area contributed by atoms with Gasteiger partial charge in [0.1, 0.15) is 16.2 Å². The van der Waals surface area contributed by atoms with Crippen LogP contribution < -0.4 is 5.73 Å². The van der Waals surface area contributed by atoms with E-state index in [4.69, 9.17) is 15.5 Å². The van der Waals surface area contributed by atoms with E-state index in [-0.39, 0.29) is 21.7 Å². The fourth-order valence-corrected chi connectivity index (χ4v) is 5.47. The van der Waals surface area contributed by atoms with Gasteiger partial charge in [-0.1, -0.05) is 29.8 Å². The Morgan fingerprint density at radius 3 is 2.47 bits per heavy atom. The Balaban J connectivity index is 1.79. The van der Waals surface area contributed by atoms with Gasteiger partial charge in [-0.2, -0.15) is 0 Å². The standard InChI is InChI=1S/C22H22N4O3S/c1-14-8-10-16(11-9-14)30(27,28)20-19-22(25-18-7-3-2-6-17(18)24-19)26(21(20)23)13-15-5-4-12-29-15/h2-3,6-11,15H,4-5,12-13,23H2,1H3/t15-/m0/s1. The molecule has 2 aromatic carbocycles. The van der Waals surface area contributed by atoms with Gasteiger partial charge in [0.2, 0.25) is 9.84 Å². The summed E-state index contributed by atoms with van der Waals surface area (Å²) >= 11 is 0. The Bertz CT molecular complexity index is 1350. The van der Waals surface area contributed by atoms with Crippen LogP contribution in [0.15, 0.2) is 58.3 Å². The van der Waals surface area contributed by atoms with Gasteiger partial charge < -0.3 is 15.0 Å². The Hall–Kier alpha value is -2.97. The van der Waals surface area contributed by atoms with Gasteiger partial charge in [-0.15, -0.1) is 0 Å². The summed E-state index contributed by atoms with van der Waals surface area (Å²) in [6, 6.07) is 14.1. The van der Waals surface area contributed by atoms with Gasteiger partial charge in [0.15, 0.2) is 5.65 Å². The van der Waals surface area contributed by atoms with E-state index in [0.29, 0.717) is 35.3 Å². The minimum Gasteiger partial charge on any atom is -0.384 e. The number of para-hydroxylation sites is 2. The van der Waals surface area contributed by atoms with Crippen LogP contribution in [-0.2, 0) is 21.1 Å². The molecule has 2 N–H and O–H groups in total. The summed E-state index contributed by atoms with van der Waals surface area (Å²) < 4.78 is 34.7. The molecule has 4 aromatic rings. The molecule has 5 rings (SSSR count). The number of nitrogens with two attached hydrogens (primary N) is 1. The SMILES string of the molecule is Cc1ccc(S(=O)(=O)c2c(N)n(C[C@@H]3CCCO3)c3nc4ccccc4nc23)cc1. The molecular weight excluding hydrogens is 400 g/mol. The topological polar surface area (TPSA) is 100 Å². The van der Waals surface area contributed by atoms with Crippen molar-refractivity contribution in [1.82, 2.24) is 14.5 Å². The number of nitrogen functional groups attached to an aromatic ring is 1. The molecule has 154 valence electrons. The van der Waals surface area contributed by atoms with E-state index in [2.05, 4.69) is 4.98 Å². The van der Waals surface area contributed by atoms with E-state index >= 15 is 0 Å². The summed E-state index contributed by atoms with van der Waals surface area (Å²) in [5, 5.41) is 0. The second-order valence-electron chi connectivity index (χ2n) is 7.66. The molecule has 3 heterocycles. The summed E-state index contributed by atoms with van der Waals surface area (Å²) in [5.74, 6) is 0.149. The number of ether oxygens (including phenoxy) is 1. The van der Waals surface area contributed by atoms with Crippen molar-refractivity contribution in [3.05, 3.63) is 54.1 Å². The van der Waals surface area contributed by atoms with Gasteiger partial charge in [-0.3, -0.25) is 0 Å². The number of aromatic nitrogens is 3. The number of anilines is 1. The van der Waals surface area contributed by atoms with Crippen LogP contribution in [0.25, 0.3) is 22.2 Å². The van der Waals surface area contributed by atoms with E-state index in [1.807, 2.05) is 31.2 Å². The van der Waals surface area contributed by atoms with Gasteiger partial charge in [0, 0.05) is 6.61 Å². The molecule has 1 saturated heterocycles. The van der Waals surface area contributed by atoms with Crippen molar-refractivity contribution in [2.45, 2.75) is 42.2 Å². The van der Waals surface area contributed by atoms with Crippen molar-refractivity contribution >= 4 is 37.9 Å². The zero-order chi connectivity index (χ0) is 20.9. The zero-order valence-electron chi connectivity index (χ0n) is 16.6. The first-order valence-electron chi connectivity index (χ1n) is 9.93. The maximum atomic E-state index is 13.6. The van der Waals surface area contributed by atoms with Gasteiger partial charge >= 0.3 is 0 Å². The number of sulfone groups is 1. The van der Waals surface area contributed by atoms with Crippen molar-refractivity contribution in [2.75, 3.05) is 12.3 Å². The lowest BCUT2D eigenvalue weighted by molar-refractivity contribution is 0.0983. The van der Waals surface area contributed by atoms with Crippen molar-refractivity contribution in [1.29, 1.82) is 0 Å². The van der Waals surface area contributed by atoms with E-state index in [0.717, 1.165) is 18.4 Å². The molecule has 30 heavy (non-hydrogen) atoms. The third kappa shape index (κ3) is 3.03. The molecule has 0 bridgehead atoms. The summed E-state index contributed by atoms with van der Waals surface area (Å²) in [6.07, 6.45) is 1.86. The van der Waals surface area contributed by atoms with Crippen molar-refractivity contribution < 1.29 is 13.2 Å². The van der Waals surface area contributed by atoms with Gasteiger partial charge in [-0.05, 0) is 44.0 Å². The largest absolute Gasteiger partial charge is 0.384 e. The number of fused-ring (bicyclic) bond motifs is 2. The molecule has 0 radical (unpaired) electrons. The van der Waals surface area contributed by atoms with E-state index in [1.54, 1.807) is 28.8 Å². The number of hydrogen-bond acceptors (Lipinski definition) is 6. The second-order valence-corrected chi connectivity index (χ2v) is 9.55. The van der Waals surface area contributed by atoms with Crippen LogP contribution in [-0.4, -0.2) is 35.7 Å². The Labute approximate surface area is 174 Å². The number of aryl methyl sites for hydroxylation is 1. The molecule has 7 nitrogen and oxygen atoms in total. The highest BCUT2D eigenvalue weighted by atomic mass is 32.2. The monoisotopic (exact) mass is 422 g/mol. The summed E-state index contributed by atoms with van der Waals surface area (Å²) in [7, 11) is -3.88. The molecule has 0 amide bonds. The first kappa shape index (κ1) is 19.0. The van der Waals surface area contributed by atoms with E-state index in [1.165, 1.54) is 0 Å². The molecule has 1 aliphatic rings. The lowest BCUT2D eigenvalue weighted by atomic mass is 10.2. The maximum absolute atomic E-state index is 13.6. The highest BCUT2D eigenvalue weighted by molar-refractivity contribution is 7.92. The average Bonchev–Trinajstić information content (AvgIpc) is 3.34. The number of hydrogen-bond donors (Lipinski definition) is 1. The lowest BCUT2D eigenvalue weighted by Crippen LogP contribution is -2.17. The minimum atomic E-state index is -3.88. The molecule has 1 atom stereocenters. The molecule has 0 saturated carbocycles. The molecule has 8 heteroatoms. The first-order valence-corrected chi connectivity index (χ1v) is 11.4. The van der Waals surface area contributed by atoms with Crippen LogP contribution >= 0.6 is 0 Å². The number of rotatable bonds is 4. The first-order chi connectivity index (χ1) is 14.4. The zero-order valence-corrected chi connectivity index (χ0v) is 17.4. The van der Waals surface area contributed by atoms with Crippen LogP contribution in [0.2, 0.25) is 0 Å². The molecule has 2 aromatic heterocycles. The van der Waals surface area contributed by atoms with Crippen LogP contribution in [0.3, 0.4) is 0 Å². The number of benzene rings is 2. The summed E-state index contributed by atoms with van der Waals surface area (Å²) in [4.78, 5) is 9.58. The highest BCUT2D eigenvalue weighted by Gasteiger charge is 2.31. The number of nitrogens with zero attached hydrogens (tertiary/aromatic N) is 3. The summed E-state index contributed by atoms with van der Waals surface area (Å²) in [5.41, 5.74) is 9.51. The third-order valence-electron chi connectivity index (χ3n) is 5.56. The van der Waals surface area contributed by atoms with Crippen LogP contribution in [0, 0.1) is 6.92 Å². The molecular formula is C22H22N4O3S. The predicted octanol–water partition coefficient (Wildman–Crippen LogP) is 3.49. The second kappa shape index (κ2) is 7.07.